The molecule has 1 unspecified atom stereocenters. The van der Waals surface area contributed by atoms with Gasteiger partial charge in [-0.05, 0) is 50.2 Å². The molecule has 1 heterocycles. The monoisotopic (exact) mass is 196 g/mol. The van der Waals surface area contributed by atoms with Crippen LogP contribution >= 0.6 is 0 Å². The normalized spacial score (nSPS) is 30.9. The van der Waals surface area contributed by atoms with Crippen LogP contribution in [0.25, 0.3) is 0 Å². The summed E-state index contributed by atoms with van der Waals surface area (Å²) >= 11 is 0. The van der Waals surface area contributed by atoms with Crippen LogP contribution in [-0.2, 0) is 0 Å². The average molecular weight is 196 g/mol. The first kappa shape index (κ1) is 10.4. The van der Waals surface area contributed by atoms with E-state index in [9.17, 15) is 0 Å². The molecular weight excluding hydrogens is 172 g/mol. The van der Waals surface area contributed by atoms with E-state index in [0.717, 1.165) is 12.5 Å². The van der Waals surface area contributed by atoms with Crippen LogP contribution in [0.4, 0.5) is 0 Å². The quantitative estimate of drug-likeness (QED) is 0.720. The second kappa shape index (κ2) is 4.19. The summed E-state index contributed by atoms with van der Waals surface area (Å²) in [7, 11) is 0. The zero-order chi connectivity index (χ0) is 10.0. The first-order chi connectivity index (χ1) is 6.72. The number of likely N-dealkylation sites (tertiary alicyclic amines) is 1. The number of nitrogens with zero attached hydrogens (tertiary/aromatic N) is 1. The van der Waals surface area contributed by atoms with Crippen molar-refractivity contribution in [1.29, 1.82) is 0 Å². The molecule has 1 saturated carbocycles. The lowest BCUT2D eigenvalue weighted by atomic mass is 10.1. The van der Waals surface area contributed by atoms with Gasteiger partial charge in [0.25, 0.3) is 0 Å². The van der Waals surface area contributed by atoms with Gasteiger partial charge in [0.1, 0.15) is 0 Å². The van der Waals surface area contributed by atoms with Crippen molar-refractivity contribution in [2.45, 2.75) is 33.1 Å². The van der Waals surface area contributed by atoms with E-state index in [2.05, 4.69) is 24.1 Å². The Balaban J connectivity index is 1.66. The predicted octanol–water partition coefficient (Wildman–Crippen LogP) is 1.72. The van der Waals surface area contributed by atoms with Gasteiger partial charge in [-0.1, -0.05) is 13.8 Å². The maximum atomic E-state index is 3.46. The molecule has 0 aromatic carbocycles. The maximum absolute atomic E-state index is 3.46. The van der Waals surface area contributed by atoms with E-state index in [-0.39, 0.29) is 0 Å². The smallest absolute Gasteiger partial charge is 0.00355 e. The van der Waals surface area contributed by atoms with E-state index >= 15 is 0 Å². The van der Waals surface area contributed by atoms with Gasteiger partial charge in [-0.25, -0.2) is 0 Å². The summed E-state index contributed by atoms with van der Waals surface area (Å²) in [5.74, 6) is 0.914. The highest BCUT2D eigenvalue weighted by molar-refractivity contribution is 4.93. The van der Waals surface area contributed by atoms with Gasteiger partial charge in [-0.3, -0.25) is 0 Å². The van der Waals surface area contributed by atoms with E-state index in [1.54, 1.807) is 0 Å². The van der Waals surface area contributed by atoms with Crippen LogP contribution in [0.3, 0.4) is 0 Å². The van der Waals surface area contributed by atoms with Gasteiger partial charge in [-0.2, -0.15) is 0 Å². The molecule has 0 aromatic heterocycles. The Hall–Kier alpha value is -0.0800. The Morgan fingerprint density at radius 1 is 1.43 bits per heavy atom. The fourth-order valence-corrected chi connectivity index (χ4v) is 2.48. The molecule has 2 rings (SSSR count). The summed E-state index contributed by atoms with van der Waals surface area (Å²) in [5, 5.41) is 3.46. The van der Waals surface area contributed by atoms with E-state index in [0.29, 0.717) is 5.41 Å². The lowest BCUT2D eigenvalue weighted by Gasteiger charge is -2.20. The van der Waals surface area contributed by atoms with Gasteiger partial charge >= 0.3 is 0 Å². The van der Waals surface area contributed by atoms with Gasteiger partial charge < -0.3 is 10.2 Å². The molecule has 2 aliphatic rings. The molecule has 14 heavy (non-hydrogen) atoms. The largest absolute Gasteiger partial charge is 0.317 e. The van der Waals surface area contributed by atoms with Crippen LogP contribution in [0, 0.1) is 11.3 Å². The van der Waals surface area contributed by atoms with Crippen molar-refractivity contribution in [3.8, 4) is 0 Å². The highest BCUT2D eigenvalue weighted by Crippen LogP contribution is 2.46. The molecule has 0 amide bonds. The topological polar surface area (TPSA) is 15.3 Å². The van der Waals surface area contributed by atoms with Crippen molar-refractivity contribution in [3.63, 3.8) is 0 Å². The van der Waals surface area contributed by atoms with Gasteiger partial charge in [0.15, 0.2) is 0 Å². The van der Waals surface area contributed by atoms with Gasteiger partial charge in [-0.15, -0.1) is 0 Å². The SMILES string of the molecule is CCNCC1CCN(CC2(C)CC2)C1. The van der Waals surface area contributed by atoms with Gasteiger partial charge in [0.2, 0.25) is 0 Å². The molecule has 0 radical (unpaired) electrons. The predicted molar refractivity (Wildman–Crippen MR) is 60.4 cm³/mol. The van der Waals surface area contributed by atoms with Crippen LogP contribution < -0.4 is 5.32 Å². The fourth-order valence-electron chi connectivity index (χ4n) is 2.48. The second-order valence-electron chi connectivity index (χ2n) is 5.51. The summed E-state index contributed by atoms with van der Waals surface area (Å²) in [4.78, 5) is 2.68. The minimum Gasteiger partial charge on any atom is -0.317 e. The third kappa shape index (κ3) is 2.71. The highest BCUT2D eigenvalue weighted by atomic mass is 15.2. The Bertz CT molecular complexity index is 187. The number of rotatable bonds is 5. The Labute approximate surface area is 88.1 Å². The molecule has 1 saturated heterocycles. The minimum absolute atomic E-state index is 0.701. The van der Waals surface area contributed by atoms with Crippen LogP contribution in [0.15, 0.2) is 0 Å². The van der Waals surface area contributed by atoms with Crippen LogP contribution in [0.2, 0.25) is 0 Å². The van der Waals surface area contributed by atoms with E-state index in [1.807, 2.05) is 0 Å². The molecule has 2 fully saturated rings. The van der Waals surface area contributed by atoms with Crippen molar-refractivity contribution in [2.24, 2.45) is 11.3 Å². The van der Waals surface area contributed by atoms with E-state index < -0.39 is 0 Å². The van der Waals surface area contributed by atoms with Gasteiger partial charge in [0.05, 0.1) is 0 Å². The number of nitrogens with one attached hydrogen (secondary N) is 1. The zero-order valence-electron chi connectivity index (χ0n) is 9.68. The third-order valence-corrected chi connectivity index (χ3v) is 3.76. The molecule has 2 nitrogen and oxygen atoms in total. The van der Waals surface area contributed by atoms with Crippen LogP contribution in [-0.4, -0.2) is 37.6 Å². The van der Waals surface area contributed by atoms with Crippen LogP contribution in [0.5, 0.6) is 0 Å². The third-order valence-electron chi connectivity index (χ3n) is 3.76. The summed E-state index contributed by atoms with van der Waals surface area (Å²) in [6.45, 7) is 11.0. The van der Waals surface area contributed by atoms with E-state index in [4.69, 9.17) is 0 Å². The molecule has 82 valence electrons. The van der Waals surface area contributed by atoms with Crippen LogP contribution in [0.1, 0.15) is 33.1 Å². The Kier molecular flexibility index (Phi) is 3.13. The molecule has 0 spiro atoms. The zero-order valence-corrected chi connectivity index (χ0v) is 9.68. The Morgan fingerprint density at radius 2 is 2.21 bits per heavy atom. The lowest BCUT2D eigenvalue weighted by molar-refractivity contribution is 0.266. The standard InChI is InChI=1S/C12H24N2/c1-3-13-8-11-4-7-14(9-11)10-12(2)5-6-12/h11,13H,3-10H2,1-2H3. The highest BCUT2D eigenvalue weighted by Gasteiger charge is 2.39. The summed E-state index contributed by atoms with van der Waals surface area (Å²) in [6.07, 6.45) is 4.33. The van der Waals surface area contributed by atoms with Crippen molar-refractivity contribution in [3.05, 3.63) is 0 Å². The number of hydrogen-bond donors (Lipinski definition) is 1. The molecule has 1 aliphatic carbocycles. The van der Waals surface area contributed by atoms with E-state index in [1.165, 1.54) is 45.4 Å². The molecule has 2 heteroatoms. The van der Waals surface area contributed by atoms with Crippen molar-refractivity contribution in [2.75, 3.05) is 32.7 Å². The van der Waals surface area contributed by atoms with Gasteiger partial charge in [0, 0.05) is 13.1 Å². The first-order valence-corrected chi connectivity index (χ1v) is 6.15. The van der Waals surface area contributed by atoms with Crippen molar-refractivity contribution in [1.82, 2.24) is 10.2 Å². The van der Waals surface area contributed by atoms with Crippen molar-refractivity contribution < 1.29 is 0 Å². The summed E-state index contributed by atoms with van der Waals surface area (Å²) in [5.41, 5.74) is 0.701. The lowest BCUT2D eigenvalue weighted by Crippen LogP contribution is -2.29. The second-order valence-corrected chi connectivity index (χ2v) is 5.51. The Morgan fingerprint density at radius 3 is 2.86 bits per heavy atom. The molecule has 1 atom stereocenters. The summed E-state index contributed by atoms with van der Waals surface area (Å²) < 4.78 is 0. The molecular formula is C12H24N2. The van der Waals surface area contributed by atoms with Crippen molar-refractivity contribution >= 4 is 0 Å². The number of hydrogen-bond acceptors (Lipinski definition) is 2. The maximum Gasteiger partial charge on any atom is 0.00355 e. The molecule has 1 aliphatic heterocycles. The molecule has 0 aromatic rings. The summed E-state index contributed by atoms with van der Waals surface area (Å²) in [6, 6.07) is 0. The first-order valence-electron chi connectivity index (χ1n) is 6.15. The molecule has 1 N–H and O–H groups in total. The average Bonchev–Trinajstić information content (AvgIpc) is 2.72. The molecule has 0 bridgehead atoms. The minimum atomic E-state index is 0.701. The fraction of sp³-hybridized carbons (Fsp3) is 1.00.